The first-order chi connectivity index (χ1) is 17.1. The third-order valence-electron chi connectivity index (χ3n) is 6.83. The summed E-state index contributed by atoms with van der Waals surface area (Å²) in [7, 11) is 1.61. The van der Waals surface area contributed by atoms with Crippen LogP contribution in [-0.2, 0) is 21.6 Å². The number of methoxy groups -OCH3 is 1. The van der Waals surface area contributed by atoms with E-state index < -0.39 is 5.60 Å². The van der Waals surface area contributed by atoms with Crippen LogP contribution in [0, 0.1) is 11.3 Å². The molecule has 0 N–H and O–H groups in total. The van der Waals surface area contributed by atoms with E-state index in [9.17, 15) is 10.1 Å². The molecule has 180 valence electrons. The van der Waals surface area contributed by atoms with Crippen molar-refractivity contribution in [2.24, 2.45) is 0 Å². The Bertz CT molecular complexity index is 1540. The van der Waals surface area contributed by atoms with E-state index in [1.165, 1.54) is 6.33 Å². The third-order valence-corrected chi connectivity index (χ3v) is 7.14. The maximum atomic E-state index is 13.9. The first-order valence-corrected chi connectivity index (χ1v) is 11.8. The summed E-state index contributed by atoms with van der Waals surface area (Å²) in [4.78, 5) is 25.1. The molecule has 2 aliphatic rings. The molecule has 1 aliphatic heterocycles. The highest BCUT2D eigenvalue weighted by Crippen LogP contribution is 2.48. The van der Waals surface area contributed by atoms with Crippen molar-refractivity contribution in [3.63, 3.8) is 0 Å². The van der Waals surface area contributed by atoms with Crippen LogP contribution in [0.5, 0.6) is 0 Å². The molecule has 0 unspecified atom stereocenters. The molecular formula is C23H22ClN7O4. The third kappa shape index (κ3) is 3.52. The maximum absolute atomic E-state index is 13.9. The normalized spacial score (nSPS) is 17.7. The number of aromatic nitrogens is 5. The van der Waals surface area contributed by atoms with Gasteiger partial charge in [-0.3, -0.25) is 14.1 Å². The lowest BCUT2D eigenvalue weighted by Gasteiger charge is -2.27. The lowest BCUT2D eigenvalue weighted by molar-refractivity contribution is 0.0364. The molecular weight excluding hydrogens is 474 g/mol. The Balaban J connectivity index is 1.53. The summed E-state index contributed by atoms with van der Waals surface area (Å²) in [6.07, 6.45) is 3.13. The van der Waals surface area contributed by atoms with Crippen molar-refractivity contribution >= 4 is 28.2 Å². The molecule has 12 heteroatoms. The molecule has 11 nitrogen and oxygen atoms in total. The Morgan fingerprint density at radius 2 is 2.03 bits per heavy atom. The van der Waals surface area contributed by atoms with Gasteiger partial charge in [0.1, 0.15) is 29.2 Å². The van der Waals surface area contributed by atoms with Crippen LogP contribution in [0.1, 0.15) is 24.3 Å². The van der Waals surface area contributed by atoms with Crippen molar-refractivity contribution in [2.75, 3.05) is 40.0 Å². The summed E-state index contributed by atoms with van der Waals surface area (Å²) >= 11 is 6.36. The Kier molecular flexibility index (Phi) is 5.34. The van der Waals surface area contributed by atoms with Crippen LogP contribution in [0.3, 0.4) is 0 Å². The Morgan fingerprint density at radius 1 is 1.23 bits per heavy atom. The molecule has 1 saturated heterocycles. The fourth-order valence-corrected chi connectivity index (χ4v) is 4.86. The molecule has 4 aromatic rings. The molecule has 1 saturated carbocycles. The van der Waals surface area contributed by atoms with E-state index >= 15 is 0 Å². The van der Waals surface area contributed by atoms with Crippen molar-refractivity contribution in [1.29, 1.82) is 5.26 Å². The highest BCUT2D eigenvalue weighted by Gasteiger charge is 2.50. The topological polar surface area (TPSA) is 124 Å². The van der Waals surface area contributed by atoms with Gasteiger partial charge in [0.25, 0.3) is 11.4 Å². The van der Waals surface area contributed by atoms with E-state index in [0.717, 1.165) is 25.9 Å². The first-order valence-electron chi connectivity index (χ1n) is 11.4. The number of morpholine rings is 1. The molecule has 0 atom stereocenters. The van der Waals surface area contributed by atoms with Gasteiger partial charge in [-0.2, -0.15) is 10.2 Å². The molecule has 0 amide bonds. The minimum absolute atomic E-state index is 0.219. The number of hydrogen-bond acceptors (Lipinski definition) is 9. The highest BCUT2D eigenvalue weighted by atomic mass is 35.5. The average Bonchev–Trinajstić information content (AvgIpc) is 3.30. The minimum atomic E-state index is -0.551. The van der Waals surface area contributed by atoms with Gasteiger partial charge in [-0.25, -0.2) is 4.98 Å². The molecule has 0 spiro atoms. The van der Waals surface area contributed by atoms with E-state index in [-0.39, 0.29) is 22.0 Å². The van der Waals surface area contributed by atoms with Crippen molar-refractivity contribution in [3.05, 3.63) is 45.3 Å². The summed E-state index contributed by atoms with van der Waals surface area (Å²) in [5.41, 5.74) is 1.12. The number of halogens is 1. The van der Waals surface area contributed by atoms with Crippen molar-refractivity contribution in [3.8, 4) is 17.6 Å². The maximum Gasteiger partial charge on any atom is 0.277 e. The Morgan fingerprint density at radius 3 is 2.74 bits per heavy atom. The van der Waals surface area contributed by atoms with Crippen molar-refractivity contribution in [1.82, 2.24) is 29.0 Å². The van der Waals surface area contributed by atoms with Crippen LogP contribution in [0.25, 0.3) is 28.1 Å². The average molecular weight is 496 g/mol. The molecule has 3 aromatic heterocycles. The summed E-state index contributed by atoms with van der Waals surface area (Å²) in [5.74, 6) is 0.597. The molecule has 0 bridgehead atoms. The van der Waals surface area contributed by atoms with Gasteiger partial charge in [-0.15, -0.1) is 0 Å². The molecule has 1 aromatic carbocycles. The van der Waals surface area contributed by atoms with E-state index in [1.54, 1.807) is 28.2 Å². The molecule has 6 rings (SSSR count). The number of benzene rings is 1. The largest absolute Gasteiger partial charge is 0.379 e. The summed E-state index contributed by atoms with van der Waals surface area (Å²) in [5, 5.41) is 14.3. The van der Waals surface area contributed by atoms with E-state index in [1.807, 2.05) is 0 Å². The van der Waals surface area contributed by atoms with Gasteiger partial charge in [0.05, 0.1) is 34.8 Å². The van der Waals surface area contributed by atoms with Crippen molar-refractivity contribution < 1.29 is 14.0 Å². The van der Waals surface area contributed by atoms with Crippen LogP contribution in [0.4, 0.5) is 0 Å². The summed E-state index contributed by atoms with van der Waals surface area (Å²) in [6, 6.07) is 5.61. The molecule has 35 heavy (non-hydrogen) atoms. The van der Waals surface area contributed by atoms with Crippen LogP contribution >= 0.6 is 11.6 Å². The zero-order valence-corrected chi connectivity index (χ0v) is 19.8. The van der Waals surface area contributed by atoms with E-state index in [4.69, 9.17) is 25.6 Å². The lowest BCUT2D eigenvalue weighted by atomic mass is 10.1. The lowest BCUT2D eigenvalue weighted by Crippen LogP contribution is -2.39. The predicted molar refractivity (Wildman–Crippen MR) is 125 cm³/mol. The summed E-state index contributed by atoms with van der Waals surface area (Å²) in [6.45, 7) is 3.87. The molecule has 1 aliphatic carbocycles. The second-order valence-electron chi connectivity index (χ2n) is 8.75. The predicted octanol–water partition coefficient (Wildman–Crippen LogP) is 2.19. The van der Waals surface area contributed by atoms with Gasteiger partial charge in [-0.05, 0) is 25.0 Å². The van der Waals surface area contributed by atoms with Gasteiger partial charge in [-0.1, -0.05) is 16.8 Å². The highest BCUT2D eigenvalue weighted by molar-refractivity contribution is 6.32. The fraction of sp³-hybridized carbons (Fsp3) is 0.435. The van der Waals surface area contributed by atoms with Gasteiger partial charge in [0.2, 0.25) is 5.82 Å². The summed E-state index contributed by atoms with van der Waals surface area (Å²) < 4.78 is 19.7. The number of nitriles is 1. The van der Waals surface area contributed by atoms with Crippen molar-refractivity contribution in [2.45, 2.75) is 25.0 Å². The molecule has 2 fully saturated rings. The zero-order chi connectivity index (χ0) is 24.2. The zero-order valence-electron chi connectivity index (χ0n) is 19.0. The van der Waals surface area contributed by atoms with Crippen LogP contribution in [-0.4, -0.2) is 69.0 Å². The second kappa shape index (κ2) is 8.42. The van der Waals surface area contributed by atoms with Gasteiger partial charge in [0.15, 0.2) is 0 Å². The van der Waals surface area contributed by atoms with E-state index in [0.29, 0.717) is 54.4 Å². The quantitative estimate of drug-likeness (QED) is 0.396. The fourth-order valence-electron chi connectivity index (χ4n) is 4.66. The minimum Gasteiger partial charge on any atom is -0.379 e. The number of ether oxygens (including phenoxy) is 2. The van der Waals surface area contributed by atoms with Crippen LogP contribution in [0.2, 0.25) is 5.02 Å². The van der Waals surface area contributed by atoms with Gasteiger partial charge < -0.3 is 18.6 Å². The Labute approximate surface area is 204 Å². The standard InChI is InChI=1S/C23H22ClN7O4/c1-33-23(4-5-23)22-27-20(28-35-22)17-19-21(32)30(7-6-29-8-10-34-11-9-29)18-14(12-25)15(24)2-3-16(18)31(19)13-26-17/h2-3,13H,4-11H2,1H3. The molecule has 0 radical (unpaired) electrons. The number of fused-ring (bicyclic) bond motifs is 3. The second-order valence-corrected chi connectivity index (χ2v) is 9.15. The van der Waals surface area contributed by atoms with E-state index in [2.05, 4.69) is 26.1 Å². The monoisotopic (exact) mass is 495 g/mol. The first kappa shape index (κ1) is 22.2. The number of imidazole rings is 1. The van der Waals surface area contributed by atoms with Crippen LogP contribution in [0.15, 0.2) is 27.8 Å². The number of nitrogens with zero attached hydrogens (tertiary/aromatic N) is 7. The van der Waals surface area contributed by atoms with Crippen LogP contribution < -0.4 is 5.56 Å². The number of rotatable bonds is 6. The smallest absolute Gasteiger partial charge is 0.277 e. The Hall–Kier alpha value is -3.30. The van der Waals surface area contributed by atoms with Gasteiger partial charge >= 0.3 is 0 Å². The molecule has 4 heterocycles. The number of hydrogen-bond donors (Lipinski definition) is 0. The SMILES string of the molecule is COC1(c2nc(-c3ncn4c3c(=O)n(CCN3CCOCC3)c3c(C#N)c(Cl)ccc34)no2)CC1. The van der Waals surface area contributed by atoms with Gasteiger partial charge in [0, 0.05) is 33.3 Å².